The minimum absolute atomic E-state index is 0.0733. The molecule has 0 saturated carbocycles. The van der Waals surface area contributed by atoms with Gasteiger partial charge < -0.3 is 14.7 Å². The van der Waals surface area contributed by atoms with Crippen molar-refractivity contribution in [2.75, 3.05) is 13.2 Å². The molecule has 0 amide bonds. The van der Waals surface area contributed by atoms with E-state index < -0.39 is 6.10 Å². The zero-order valence-electron chi connectivity index (χ0n) is 9.99. The molecular weight excluding hydrogens is 206 g/mol. The highest BCUT2D eigenvalue weighted by atomic mass is 16.6. The van der Waals surface area contributed by atoms with E-state index >= 15 is 0 Å². The maximum absolute atomic E-state index is 9.43. The summed E-state index contributed by atoms with van der Waals surface area (Å²) in [5.41, 5.74) is 3.33. The van der Waals surface area contributed by atoms with Gasteiger partial charge in [0.25, 0.3) is 0 Å². The monoisotopic (exact) mass is 225 g/mol. The molecule has 0 fully saturated rings. The molecule has 0 aliphatic heterocycles. The Morgan fingerprint density at radius 1 is 1.19 bits per heavy atom. The van der Waals surface area contributed by atoms with Crippen molar-refractivity contribution >= 4 is 0 Å². The molecule has 1 aromatic rings. The van der Waals surface area contributed by atoms with Gasteiger partial charge in [-0.15, -0.1) is 0 Å². The third kappa shape index (κ3) is 3.20. The summed E-state index contributed by atoms with van der Waals surface area (Å²) >= 11 is 0. The van der Waals surface area contributed by atoms with E-state index in [-0.39, 0.29) is 13.2 Å². The predicted octanol–water partition coefficient (Wildman–Crippen LogP) is 1.24. The molecule has 0 radical (unpaired) electrons. The molecule has 1 rings (SSSR count). The van der Waals surface area contributed by atoms with Gasteiger partial charge in [0.15, 0.2) is 0 Å². The van der Waals surface area contributed by atoms with Crippen molar-refractivity contribution in [3.05, 3.63) is 28.8 Å². The van der Waals surface area contributed by atoms with Crippen LogP contribution in [0.5, 0.6) is 5.75 Å². The fourth-order valence-electron chi connectivity index (χ4n) is 1.49. The van der Waals surface area contributed by atoms with E-state index in [1.54, 1.807) is 0 Å². The fraction of sp³-hybridized carbons (Fsp3) is 0.500. The lowest BCUT2D eigenvalue weighted by molar-refractivity contribution is 0.0113. The Labute approximate surface area is 95.9 Å². The molecule has 3 N–H and O–H groups in total. The van der Waals surface area contributed by atoms with Gasteiger partial charge in [-0.25, -0.2) is 5.90 Å². The smallest absolute Gasteiger partial charge is 0.125 e. The summed E-state index contributed by atoms with van der Waals surface area (Å²) < 4.78 is 5.58. The Kier molecular flexibility index (Phi) is 4.73. The van der Waals surface area contributed by atoms with Crippen LogP contribution in [0.4, 0.5) is 0 Å². The topological polar surface area (TPSA) is 64.7 Å². The maximum Gasteiger partial charge on any atom is 0.125 e. The normalized spacial score (nSPS) is 12.6. The summed E-state index contributed by atoms with van der Waals surface area (Å²) in [6, 6.07) is 4.06. The standard InChI is InChI=1S/C12H19NO3/c1-8-4-5-9(2)12(10(8)3)15-6-11(14)7-16-13/h4-5,11,14H,6-7,13H2,1-3H3. The lowest BCUT2D eigenvalue weighted by Gasteiger charge is -2.16. The fourth-order valence-corrected chi connectivity index (χ4v) is 1.49. The lowest BCUT2D eigenvalue weighted by Crippen LogP contribution is -2.25. The molecule has 4 nitrogen and oxygen atoms in total. The first-order valence-electron chi connectivity index (χ1n) is 5.25. The van der Waals surface area contributed by atoms with Crippen LogP contribution in [-0.4, -0.2) is 24.4 Å². The van der Waals surface area contributed by atoms with E-state index in [4.69, 9.17) is 10.6 Å². The summed E-state index contributed by atoms with van der Waals surface area (Å²) in [5.74, 6) is 5.70. The van der Waals surface area contributed by atoms with Crippen molar-refractivity contribution in [2.45, 2.75) is 26.9 Å². The van der Waals surface area contributed by atoms with E-state index in [1.807, 2.05) is 26.8 Å². The average Bonchev–Trinajstić information content (AvgIpc) is 2.24. The Morgan fingerprint density at radius 2 is 1.81 bits per heavy atom. The molecule has 4 heteroatoms. The number of nitrogens with two attached hydrogens (primary N) is 1. The van der Waals surface area contributed by atoms with Crippen LogP contribution in [0, 0.1) is 20.8 Å². The zero-order chi connectivity index (χ0) is 12.1. The summed E-state index contributed by atoms with van der Waals surface area (Å²) in [7, 11) is 0. The number of benzene rings is 1. The van der Waals surface area contributed by atoms with Gasteiger partial charge >= 0.3 is 0 Å². The minimum atomic E-state index is -0.704. The number of aliphatic hydroxyl groups is 1. The molecule has 0 saturated heterocycles. The second-order valence-corrected chi connectivity index (χ2v) is 3.95. The Bertz CT molecular complexity index is 352. The highest BCUT2D eigenvalue weighted by molar-refractivity contribution is 5.44. The summed E-state index contributed by atoms with van der Waals surface area (Å²) in [6.45, 7) is 6.27. The minimum Gasteiger partial charge on any atom is -0.490 e. The van der Waals surface area contributed by atoms with Gasteiger partial charge in [0.2, 0.25) is 0 Å². The Hall–Kier alpha value is -1.10. The summed E-state index contributed by atoms with van der Waals surface area (Å²) in [6.07, 6.45) is -0.704. The molecule has 0 heterocycles. The quantitative estimate of drug-likeness (QED) is 0.740. The molecule has 16 heavy (non-hydrogen) atoms. The third-order valence-electron chi connectivity index (χ3n) is 2.58. The van der Waals surface area contributed by atoms with Crippen LogP contribution in [0.15, 0.2) is 12.1 Å². The third-order valence-corrected chi connectivity index (χ3v) is 2.58. The van der Waals surface area contributed by atoms with Gasteiger partial charge in [-0.1, -0.05) is 12.1 Å². The molecule has 1 unspecified atom stereocenters. The number of aliphatic hydroxyl groups excluding tert-OH is 1. The van der Waals surface area contributed by atoms with Crippen LogP contribution in [-0.2, 0) is 4.84 Å². The molecular formula is C12H19NO3. The number of ether oxygens (including phenoxy) is 1. The van der Waals surface area contributed by atoms with E-state index in [0.29, 0.717) is 0 Å². The Balaban J connectivity index is 2.70. The SMILES string of the molecule is Cc1ccc(C)c(OCC(O)CON)c1C. The van der Waals surface area contributed by atoms with Crippen LogP contribution in [0.3, 0.4) is 0 Å². The zero-order valence-corrected chi connectivity index (χ0v) is 9.99. The number of rotatable bonds is 5. The highest BCUT2D eigenvalue weighted by Gasteiger charge is 2.09. The summed E-state index contributed by atoms with van der Waals surface area (Å²) in [4.78, 5) is 4.35. The molecule has 1 atom stereocenters. The summed E-state index contributed by atoms with van der Waals surface area (Å²) in [5, 5.41) is 9.43. The number of aryl methyl sites for hydroxylation is 2. The first-order chi connectivity index (χ1) is 7.56. The van der Waals surface area contributed by atoms with E-state index in [0.717, 1.165) is 16.9 Å². The predicted molar refractivity (Wildman–Crippen MR) is 62.3 cm³/mol. The molecule has 0 spiro atoms. The lowest BCUT2D eigenvalue weighted by atomic mass is 10.1. The molecule has 0 aliphatic carbocycles. The van der Waals surface area contributed by atoms with Gasteiger partial charge in [0.1, 0.15) is 18.5 Å². The van der Waals surface area contributed by atoms with Crippen LogP contribution in [0.25, 0.3) is 0 Å². The van der Waals surface area contributed by atoms with Gasteiger partial charge in [0, 0.05) is 0 Å². The average molecular weight is 225 g/mol. The number of hydrogen-bond donors (Lipinski definition) is 2. The van der Waals surface area contributed by atoms with E-state index in [9.17, 15) is 5.11 Å². The first kappa shape index (κ1) is 13.0. The van der Waals surface area contributed by atoms with Crippen molar-refractivity contribution in [3.63, 3.8) is 0 Å². The molecule has 0 aromatic heterocycles. The molecule has 90 valence electrons. The molecule has 1 aromatic carbocycles. The van der Waals surface area contributed by atoms with Crippen molar-refractivity contribution in [1.82, 2.24) is 0 Å². The first-order valence-corrected chi connectivity index (χ1v) is 5.25. The van der Waals surface area contributed by atoms with E-state index in [1.165, 1.54) is 5.56 Å². The van der Waals surface area contributed by atoms with Crippen LogP contribution < -0.4 is 10.6 Å². The van der Waals surface area contributed by atoms with Gasteiger partial charge in [0.05, 0.1) is 6.61 Å². The molecule has 0 bridgehead atoms. The Morgan fingerprint density at radius 3 is 2.44 bits per heavy atom. The number of hydrogen-bond acceptors (Lipinski definition) is 4. The van der Waals surface area contributed by atoms with Crippen molar-refractivity contribution in [2.24, 2.45) is 5.90 Å². The second kappa shape index (κ2) is 5.84. The molecule has 0 aliphatic rings. The van der Waals surface area contributed by atoms with Crippen LogP contribution in [0.2, 0.25) is 0 Å². The largest absolute Gasteiger partial charge is 0.490 e. The van der Waals surface area contributed by atoms with Crippen LogP contribution in [0.1, 0.15) is 16.7 Å². The van der Waals surface area contributed by atoms with E-state index in [2.05, 4.69) is 10.9 Å². The highest BCUT2D eigenvalue weighted by Crippen LogP contribution is 2.25. The van der Waals surface area contributed by atoms with Crippen molar-refractivity contribution in [3.8, 4) is 5.75 Å². The van der Waals surface area contributed by atoms with Crippen LogP contribution >= 0.6 is 0 Å². The van der Waals surface area contributed by atoms with Gasteiger partial charge in [-0.3, -0.25) is 0 Å². The van der Waals surface area contributed by atoms with Crippen molar-refractivity contribution in [1.29, 1.82) is 0 Å². The van der Waals surface area contributed by atoms with Gasteiger partial charge in [-0.2, -0.15) is 0 Å². The maximum atomic E-state index is 9.43. The van der Waals surface area contributed by atoms with Gasteiger partial charge in [-0.05, 0) is 37.5 Å². The van der Waals surface area contributed by atoms with Crippen molar-refractivity contribution < 1.29 is 14.7 Å². The second-order valence-electron chi connectivity index (χ2n) is 3.95.